The number of hydrogen-bond donors (Lipinski definition) is 1. The first-order chi connectivity index (χ1) is 8.57. The first-order valence-corrected chi connectivity index (χ1v) is 6.47. The number of likely N-dealkylation sites (tertiary alicyclic amines) is 1. The van der Waals surface area contributed by atoms with E-state index in [1.807, 2.05) is 0 Å². The van der Waals surface area contributed by atoms with E-state index in [1.165, 1.54) is 19.5 Å². The van der Waals surface area contributed by atoms with Crippen LogP contribution in [0.4, 0.5) is 5.82 Å². The third kappa shape index (κ3) is 3.50. The zero-order chi connectivity index (χ0) is 13.0. The number of quaternary nitrogens is 1. The summed E-state index contributed by atoms with van der Waals surface area (Å²) in [6, 6.07) is 0. The molecule has 1 aliphatic heterocycles. The number of nitrogens with zero attached hydrogens (tertiary/aromatic N) is 3. The van der Waals surface area contributed by atoms with Crippen molar-refractivity contribution in [2.75, 3.05) is 32.0 Å². The van der Waals surface area contributed by atoms with Crippen LogP contribution in [0.2, 0.25) is 0 Å². The highest BCUT2D eigenvalue weighted by atomic mass is 16.1. The molecule has 1 fully saturated rings. The molecule has 1 aliphatic rings. The molecule has 0 saturated carbocycles. The number of hydrogen-bond acceptors (Lipinski definition) is 3. The van der Waals surface area contributed by atoms with Crippen molar-refractivity contribution in [3.05, 3.63) is 18.6 Å². The van der Waals surface area contributed by atoms with Crippen molar-refractivity contribution in [3.63, 3.8) is 0 Å². The van der Waals surface area contributed by atoms with Gasteiger partial charge in [-0.3, -0.25) is 9.78 Å². The molecule has 5 heteroatoms. The van der Waals surface area contributed by atoms with Crippen LogP contribution in [-0.2, 0) is 4.79 Å². The predicted octanol–water partition coefficient (Wildman–Crippen LogP) is 1.29. The second-order valence-corrected chi connectivity index (χ2v) is 5.53. The lowest BCUT2D eigenvalue weighted by atomic mass is 10.2. The topological polar surface area (TPSA) is 54.9 Å². The van der Waals surface area contributed by atoms with Gasteiger partial charge in [0, 0.05) is 24.7 Å². The summed E-state index contributed by atoms with van der Waals surface area (Å²) >= 11 is 0. The Morgan fingerprint density at radius 2 is 2.39 bits per heavy atom. The van der Waals surface area contributed by atoms with Gasteiger partial charge < -0.3 is 9.80 Å². The van der Waals surface area contributed by atoms with E-state index in [9.17, 15) is 4.79 Å². The maximum Gasteiger partial charge on any atom is 0.231 e. The van der Waals surface area contributed by atoms with Gasteiger partial charge in [-0.2, -0.15) is 0 Å². The van der Waals surface area contributed by atoms with Gasteiger partial charge in [0.2, 0.25) is 5.91 Å². The van der Waals surface area contributed by atoms with Crippen molar-refractivity contribution in [2.45, 2.75) is 19.8 Å². The molecule has 1 N–H and O–H groups in total. The Morgan fingerprint density at radius 3 is 3.00 bits per heavy atom. The highest BCUT2D eigenvalue weighted by Crippen LogP contribution is 2.22. The summed E-state index contributed by atoms with van der Waals surface area (Å²) in [5.41, 5.74) is 0. The molecule has 0 bridgehead atoms. The third-order valence-corrected chi connectivity index (χ3v) is 3.62. The van der Waals surface area contributed by atoms with Crippen LogP contribution in [0.5, 0.6) is 0 Å². The predicted molar refractivity (Wildman–Crippen MR) is 69.8 cm³/mol. The van der Waals surface area contributed by atoms with E-state index in [0.29, 0.717) is 12.2 Å². The largest absolute Gasteiger partial charge is 0.325 e. The maximum absolute atomic E-state index is 11.8. The SMILES string of the molecule is C[C@@H]1CC[N+](C)(CCC(=O)Nc2cnccn2)C1. The van der Waals surface area contributed by atoms with Crippen LogP contribution in [0, 0.1) is 5.92 Å². The molecule has 18 heavy (non-hydrogen) atoms. The number of aromatic nitrogens is 2. The summed E-state index contributed by atoms with van der Waals surface area (Å²) in [4.78, 5) is 19.8. The first-order valence-electron chi connectivity index (χ1n) is 6.47. The van der Waals surface area contributed by atoms with Crippen molar-refractivity contribution in [1.82, 2.24) is 9.97 Å². The molecule has 5 nitrogen and oxygen atoms in total. The molecule has 1 unspecified atom stereocenters. The van der Waals surface area contributed by atoms with Crippen molar-refractivity contribution >= 4 is 11.7 Å². The van der Waals surface area contributed by atoms with Crippen LogP contribution in [-0.4, -0.2) is 47.0 Å². The molecular weight excluding hydrogens is 228 g/mol. The minimum absolute atomic E-state index is 0.0226. The lowest BCUT2D eigenvalue weighted by molar-refractivity contribution is -0.898. The van der Waals surface area contributed by atoms with Gasteiger partial charge in [-0.25, -0.2) is 4.98 Å². The normalized spacial score (nSPS) is 27.1. The van der Waals surface area contributed by atoms with Crippen molar-refractivity contribution in [3.8, 4) is 0 Å². The van der Waals surface area contributed by atoms with Gasteiger partial charge in [0.25, 0.3) is 0 Å². The lowest BCUT2D eigenvalue weighted by Crippen LogP contribution is -2.43. The van der Waals surface area contributed by atoms with Gasteiger partial charge in [-0.1, -0.05) is 6.92 Å². The Kier molecular flexibility index (Phi) is 3.91. The molecule has 2 heterocycles. The number of carbonyl (C=O) groups excluding carboxylic acids is 1. The van der Waals surface area contributed by atoms with Gasteiger partial charge >= 0.3 is 0 Å². The van der Waals surface area contributed by atoms with Crippen LogP contribution >= 0.6 is 0 Å². The van der Waals surface area contributed by atoms with Gasteiger partial charge in [0.15, 0.2) is 5.82 Å². The number of carbonyl (C=O) groups is 1. The molecule has 1 saturated heterocycles. The monoisotopic (exact) mass is 249 g/mol. The van der Waals surface area contributed by atoms with Crippen LogP contribution in [0.3, 0.4) is 0 Å². The number of anilines is 1. The lowest BCUT2D eigenvalue weighted by Gasteiger charge is -2.29. The van der Waals surface area contributed by atoms with E-state index in [2.05, 4.69) is 29.3 Å². The second-order valence-electron chi connectivity index (χ2n) is 5.53. The van der Waals surface area contributed by atoms with Crippen molar-refractivity contribution in [2.24, 2.45) is 5.92 Å². The molecule has 2 rings (SSSR count). The Morgan fingerprint density at radius 1 is 1.56 bits per heavy atom. The number of amides is 1. The molecule has 1 aromatic heterocycles. The Labute approximate surface area is 108 Å². The van der Waals surface area contributed by atoms with E-state index in [0.717, 1.165) is 16.9 Å². The van der Waals surface area contributed by atoms with E-state index >= 15 is 0 Å². The van der Waals surface area contributed by atoms with Crippen LogP contribution in [0.25, 0.3) is 0 Å². The van der Waals surface area contributed by atoms with Gasteiger partial charge in [0.05, 0.1) is 39.3 Å². The maximum atomic E-state index is 11.8. The number of rotatable bonds is 4. The Hall–Kier alpha value is -1.49. The molecule has 98 valence electrons. The average Bonchev–Trinajstić information content (AvgIpc) is 2.69. The highest BCUT2D eigenvalue weighted by molar-refractivity contribution is 5.89. The van der Waals surface area contributed by atoms with Crippen LogP contribution < -0.4 is 5.32 Å². The zero-order valence-electron chi connectivity index (χ0n) is 11.1. The Balaban J connectivity index is 1.79. The third-order valence-electron chi connectivity index (χ3n) is 3.62. The molecule has 1 aromatic rings. The molecule has 2 atom stereocenters. The fraction of sp³-hybridized carbons (Fsp3) is 0.615. The summed E-state index contributed by atoms with van der Waals surface area (Å²) in [5.74, 6) is 1.33. The molecule has 0 aromatic carbocycles. The van der Waals surface area contributed by atoms with Crippen LogP contribution in [0.15, 0.2) is 18.6 Å². The van der Waals surface area contributed by atoms with Gasteiger partial charge in [-0.05, 0) is 0 Å². The second kappa shape index (κ2) is 5.44. The van der Waals surface area contributed by atoms with E-state index in [4.69, 9.17) is 0 Å². The summed E-state index contributed by atoms with van der Waals surface area (Å²) in [6.45, 7) is 5.54. The zero-order valence-corrected chi connectivity index (χ0v) is 11.1. The fourth-order valence-electron chi connectivity index (χ4n) is 2.61. The number of nitrogens with one attached hydrogen (secondary N) is 1. The Bertz CT molecular complexity index is 409. The van der Waals surface area contributed by atoms with Crippen molar-refractivity contribution in [1.29, 1.82) is 0 Å². The summed E-state index contributed by atoms with van der Waals surface area (Å²) in [5, 5.41) is 2.77. The van der Waals surface area contributed by atoms with Gasteiger partial charge in [-0.15, -0.1) is 0 Å². The molecular formula is C13H21N4O+. The van der Waals surface area contributed by atoms with Gasteiger partial charge in [0.1, 0.15) is 0 Å². The fourth-order valence-corrected chi connectivity index (χ4v) is 2.61. The molecule has 0 radical (unpaired) electrons. The minimum Gasteiger partial charge on any atom is -0.325 e. The minimum atomic E-state index is 0.0226. The standard InChI is InChI=1S/C13H20N4O/c1-11-3-7-17(2,10-11)8-4-13(18)16-12-9-14-5-6-15-12/h5-6,9,11H,3-4,7-8,10H2,1-2H3/p+1/t11-,17?/m1/s1. The molecule has 0 aliphatic carbocycles. The van der Waals surface area contributed by atoms with E-state index in [1.54, 1.807) is 18.6 Å². The summed E-state index contributed by atoms with van der Waals surface area (Å²) < 4.78 is 1.01. The first kappa shape index (κ1) is 13.0. The van der Waals surface area contributed by atoms with Crippen molar-refractivity contribution < 1.29 is 9.28 Å². The molecule has 0 spiro atoms. The average molecular weight is 249 g/mol. The summed E-state index contributed by atoms with van der Waals surface area (Å²) in [6.07, 6.45) is 6.54. The highest BCUT2D eigenvalue weighted by Gasteiger charge is 2.32. The van der Waals surface area contributed by atoms with Crippen LogP contribution in [0.1, 0.15) is 19.8 Å². The molecule has 1 amide bonds. The quantitative estimate of drug-likeness (QED) is 0.818. The smallest absolute Gasteiger partial charge is 0.231 e. The van der Waals surface area contributed by atoms with E-state index < -0.39 is 0 Å². The summed E-state index contributed by atoms with van der Waals surface area (Å²) in [7, 11) is 2.24. The van der Waals surface area contributed by atoms with E-state index in [-0.39, 0.29) is 5.91 Å².